The Bertz CT molecular complexity index is 2280. The van der Waals surface area contributed by atoms with Crippen LogP contribution in [0.1, 0.15) is 93.7 Å². The average molecular weight is 828 g/mol. The lowest BCUT2D eigenvalue weighted by Gasteiger charge is -2.19. The number of sulfone groups is 1. The van der Waals surface area contributed by atoms with Crippen molar-refractivity contribution in [3.8, 4) is 0 Å². The van der Waals surface area contributed by atoms with Gasteiger partial charge in [0.2, 0.25) is 0 Å². The molecule has 2 atom stereocenters. The third kappa shape index (κ3) is 10.7. The van der Waals surface area contributed by atoms with E-state index in [2.05, 4.69) is 55.3 Å². The van der Waals surface area contributed by atoms with Crippen molar-refractivity contribution in [1.29, 1.82) is 0 Å². The highest BCUT2D eigenvalue weighted by Crippen LogP contribution is 2.38. The Hall–Kier alpha value is -3.96. The molecule has 0 aliphatic heterocycles. The monoisotopic (exact) mass is 826 g/mol. The van der Waals surface area contributed by atoms with Gasteiger partial charge >= 0.3 is 0 Å². The molecule has 2 aliphatic carbocycles. The SMILES string of the molecule is Clc1ccc2c(c1)CCc1cccnc1C2CCSCCCc1cnc[nH]1.O=S(=O)(CCCc1cnc[nH]1)CCC1c2ccc(Cl)cc2CCc2cccnc21. The van der Waals surface area contributed by atoms with Crippen LogP contribution in [-0.4, -0.2) is 61.3 Å². The summed E-state index contributed by atoms with van der Waals surface area (Å²) in [4.78, 5) is 23.7. The molecule has 4 heterocycles. The van der Waals surface area contributed by atoms with Crippen molar-refractivity contribution in [2.45, 2.75) is 76.0 Å². The summed E-state index contributed by atoms with van der Waals surface area (Å²) in [6.45, 7) is 0. The van der Waals surface area contributed by atoms with E-state index in [1.54, 1.807) is 25.0 Å². The molecule has 0 bridgehead atoms. The van der Waals surface area contributed by atoms with Crippen LogP contribution < -0.4 is 0 Å². The van der Waals surface area contributed by atoms with E-state index in [4.69, 9.17) is 28.2 Å². The summed E-state index contributed by atoms with van der Waals surface area (Å²) >= 11 is 14.5. The summed E-state index contributed by atoms with van der Waals surface area (Å²) in [6, 6.07) is 20.7. The maximum absolute atomic E-state index is 12.7. The van der Waals surface area contributed by atoms with Crippen LogP contribution in [0.25, 0.3) is 0 Å². The minimum atomic E-state index is -3.15. The zero-order chi connectivity index (χ0) is 38.7. The Kier molecular flexibility index (Phi) is 14.0. The molecule has 8 nitrogen and oxygen atoms in total. The maximum atomic E-state index is 12.7. The lowest BCUT2D eigenvalue weighted by atomic mass is 9.89. The number of rotatable bonds is 14. The molecule has 0 saturated carbocycles. The lowest BCUT2D eigenvalue weighted by Crippen LogP contribution is -2.16. The summed E-state index contributed by atoms with van der Waals surface area (Å²) in [7, 11) is -3.15. The summed E-state index contributed by atoms with van der Waals surface area (Å²) in [5, 5.41) is 1.55. The van der Waals surface area contributed by atoms with Gasteiger partial charge in [-0.25, -0.2) is 18.4 Å². The predicted octanol–water partition coefficient (Wildman–Crippen LogP) is 9.57. The predicted molar refractivity (Wildman–Crippen MR) is 229 cm³/mol. The van der Waals surface area contributed by atoms with E-state index in [0.29, 0.717) is 30.2 Å². The van der Waals surface area contributed by atoms with E-state index in [-0.39, 0.29) is 17.4 Å². The zero-order valence-electron chi connectivity index (χ0n) is 31.5. The lowest BCUT2D eigenvalue weighted by molar-refractivity contribution is 0.586. The highest BCUT2D eigenvalue weighted by molar-refractivity contribution is 7.99. The van der Waals surface area contributed by atoms with Gasteiger partial charge in [0, 0.05) is 58.1 Å². The van der Waals surface area contributed by atoms with Crippen LogP contribution in [0, 0.1) is 0 Å². The van der Waals surface area contributed by atoms with Crippen LogP contribution in [0.15, 0.2) is 98.1 Å². The van der Waals surface area contributed by atoms with Crippen LogP contribution in [0.2, 0.25) is 10.0 Å². The minimum absolute atomic E-state index is 0.0247. The van der Waals surface area contributed by atoms with Crippen molar-refractivity contribution >= 4 is 44.8 Å². The van der Waals surface area contributed by atoms with Crippen molar-refractivity contribution in [3.63, 3.8) is 0 Å². The Morgan fingerprint density at radius 1 is 0.643 bits per heavy atom. The number of hydrogen-bond donors (Lipinski definition) is 2. The molecule has 6 aromatic rings. The highest BCUT2D eigenvalue weighted by Gasteiger charge is 2.27. The van der Waals surface area contributed by atoms with E-state index >= 15 is 0 Å². The van der Waals surface area contributed by atoms with E-state index in [1.807, 2.05) is 54.5 Å². The Balaban J connectivity index is 0.000000172. The fourth-order valence-electron chi connectivity index (χ4n) is 8.02. The fraction of sp³-hybridized carbons (Fsp3) is 0.364. The van der Waals surface area contributed by atoms with Crippen LogP contribution in [0.5, 0.6) is 0 Å². The number of aromatic amines is 2. The number of H-pyrrole nitrogens is 2. The first-order chi connectivity index (χ1) is 27.3. The summed E-state index contributed by atoms with van der Waals surface area (Å²) in [5.74, 6) is 3.00. The highest BCUT2D eigenvalue weighted by atomic mass is 35.5. The topological polar surface area (TPSA) is 117 Å². The number of nitrogens with one attached hydrogen (secondary N) is 2. The quantitative estimate of drug-likeness (QED) is 0.105. The van der Waals surface area contributed by atoms with E-state index in [0.717, 1.165) is 66.3 Å². The molecule has 0 saturated heterocycles. The Labute approximate surface area is 344 Å². The standard InChI is InChI=1S/C22H24ClN3O2S.C22H24ClN3S/c23-18-7-8-20-17(13-18)6-5-16-3-1-10-25-22(16)21(20)9-12-29(27,28)11-2-4-19-14-24-15-26-19;23-18-7-8-20-17(13-18)6-5-16-3-1-10-25-22(16)21(20)9-12-27-11-2-4-19-14-24-15-26-19/h1,3,7-8,10,13-15,21H,2,4-6,9,11-12H2,(H,24,26);1,3,7-8,10,13-15,21H,2,4-6,9,11-12H2,(H,24,26). The number of imidazole rings is 2. The number of benzene rings is 2. The van der Waals surface area contributed by atoms with Crippen molar-refractivity contribution in [1.82, 2.24) is 29.9 Å². The molecule has 2 N–H and O–H groups in total. The summed E-state index contributed by atoms with van der Waals surface area (Å²) < 4.78 is 25.4. The number of nitrogens with zero attached hydrogens (tertiary/aromatic N) is 4. The number of aromatic nitrogens is 6. The van der Waals surface area contributed by atoms with Crippen LogP contribution in [0.4, 0.5) is 0 Å². The molecule has 12 heteroatoms. The van der Waals surface area contributed by atoms with Crippen LogP contribution in [0.3, 0.4) is 0 Å². The summed E-state index contributed by atoms with van der Waals surface area (Å²) in [5.41, 5.74) is 12.2. The minimum Gasteiger partial charge on any atom is -0.348 e. The maximum Gasteiger partial charge on any atom is 0.150 e. The third-order valence-electron chi connectivity index (χ3n) is 10.8. The van der Waals surface area contributed by atoms with E-state index in [1.165, 1.54) is 51.4 Å². The van der Waals surface area contributed by atoms with Gasteiger partial charge in [0.15, 0.2) is 0 Å². The number of aryl methyl sites for hydroxylation is 6. The van der Waals surface area contributed by atoms with Gasteiger partial charge in [0.25, 0.3) is 0 Å². The van der Waals surface area contributed by atoms with Crippen molar-refractivity contribution in [2.24, 2.45) is 0 Å². The number of pyridine rings is 2. The molecule has 56 heavy (non-hydrogen) atoms. The van der Waals surface area contributed by atoms with Gasteiger partial charge in [0.05, 0.1) is 35.5 Å². The molecule has 0 fully saturated rings. The van der Waals surface area contributed by atoms with Gasteiger partial charge in [-0.2, -0.15) is 11.8 Å². The second kappa shape index (κ2) is 19.5. The largest absolute Gasteiger partial charge is 0.348 e. The Morgan fingerprint density at radius 3 is 1.73 bits per heavy atom. The smallest absolute Gasteiger partial charge is 0.150 e. The van der Waals surface area contributed by atoms with Gasteiger partial charge < -0.3 is 9.97 Å². The van der Waals surface area contributed by atoms with Gasteiger partial charge in [-0.1, -0.05) is 47.5 Å². The molecule has 2 aromatic carbocycles. The molecule has 0 spiro atoms. The zero-order valence-corrected chi connectivity index (χ0v) is 34.6. The van der Waals surface area contributed by atoms with Gasteiger partial charge in [0.1, 0.15) is 9.84 Å². The van der Waals surface area contributed by atoms with Crippen LogP contribution >= 0.6 is 35.0 Å². The van der Waals surface area contributed by atoms with Crippen molar-refractivity contribution in [3.05, 3.63) is 164 Å². The molecule has 2 aliphatic rings. The molecular weight excluding hydrogens is 780 g/mol. The normalized spacial score (nSPS) is 16.0. The first-order valence-electron chi connectivity index (χ1n) is 19.5. The summed E-state index contributed by atoms with van der Waals surface area (Å²) in [6.07, 6.45) is 19.8. The molecular formula is C44H48Cl2N6O2S2. The second-order valence-corrected chi connectivity index (χ2v) is 19.0. The fourth-order valence-corrected chi connectivity index (χ4v) is 10.8. The Morgan fingerprint density at radius 2 is 1.18 bits per heavy atom. The van der Waals surface area contributed by atoms with Crippen molar-refractivity contribution in [2.75, 3.05) is 23.0 Å². The number of fused-ring (bicyclic) bond motifs is 4. The number of halogens is 2. The molecule has 2 unspecified atom stereocenters. The second-order valence-electron chi connectivity index (χ2n) is 14.6. The van der Waals surface area contributed by atoms with E-state index in [9.17, 15) is 8.42 Å². The van der Waals surface area contributed by atoms with Crippen LogP contribution in [-0.2, 0) is 48.4 Å². The first kappa shape index (κ1) is 40.2. The van der Waals surface area contributed by atoms with E-state index < -0.39 is 9.84 Å². The molecule has 0 radical (unpaired) electrons. The molecule has 4 aromatic heterocycles. The molecule has 0 amide bonds. The number of hydrogen-bond acceptors (Lipinski definition) is 7. The number of thioether (sulfide) groups is 1. The van der Waals surface area contributed by atoms with Crippen molar-refractivity contribution < 1.29 is 8.42 Å². The first-order valence-corrected chi connectivity index (χ1v) is 23.2. The van der Waals surface area contributed by atoms with Gasteiger partial charge in [-0.05, 0) is 145 Å². The third-order valence-corrected chi connectivity index (χ3v) is 14.2. The molecule has 292 valence electrons. The van der Waals surface area contributed by atoms with Gasteiger partial charge in [-0.15, -0.1) is 0 Å². The van der Waals surface area contributed by atoms with Gasteiger partial charge in [-0.3, -0.25) is 9.97 Å². The average Bonchev–Trinajstić information content (AvgIpc) is 3.87. The molecule has 8 rings (SSSR count).